The molecule has 1 unspecified atom stereocenters. The molecule has 0 radical (unpaired) electrons. The minimum absolute atomic E-state index is 0.0980. The number of hydrogen-bond donors (Lipinski definition) is 2. The van der Waals surface area contributed by atoms with E-state index in [0.717, 1.165) is 5.56 Å². The van der Waals surface area contributed by atoms with Crippen LogP contribution < -0.4 is 5.32 Å². The van der Waals surface area contributed by atoms with Crippen molar-refractivity contribution in [3.8, 4) is 0 Å². The summed E-state index contributed by atoms with van der Waals surface area (Å²) in [5.41, 5.74) is 0.594. The van der Waals surface area contributed by atoms with Gasteiger partial charge in [0, 0.05) is 30.3 Å². The van der Waals surface area contributed by atoms with Crippen LogP contribution in [0, 0.1) is 0 Å². The lowest BCUT2D eigenvalue weighted by atomic mass is 9.99. The Bertz CT molecular complexity index is 635. The summed E-state index contributed by atoms with van der Waals surface area (Å²) in [6.45, 7) is 1.81. The number of halogens is 1. The second-order valence-electron chi connectivity index (χ2n) is 5.58. The fourth-order valence-corrected chi connectivity index (χ4v) is 2.20. The molecule has 2 rings (SSSR count). The maximum absolute atomic E-state index is 11.9. The van der Waals surface area contributed by atoms with Crippen LogP contribution in [-0.4, -0.2) is 27.3 Å². The Labute approximate surface area is 134 Å². The molecule has 0 fully saturated rings. The van der Waals surface area contributed by atoms with Crippen LogP contribution in [0.4, 0.5) is 0 Å². The van der Waals surface area contributed by atoms with Gasteiger partial charge in [0.15, 0.2) is 0 Å². The van der Waals surface area contributed by atoms with E-state index >= 15 is 0 Å². The molecule has 0 spiro atoms. The molecule has 1 aromatic carbocycles. The van der Waals surface area contributed by atoms with E-state index in [2.05, 4.69) is 10.4 Å². The van der Waals surface area contributed by atoms with E-state index in [-0.39, 0.29) is 12.5 Å². The standard InChI is InChI=1S/C16H20ClN3O2/c1-16(22,13-9-19-20(2)10-13)11-18-15(21)8-5-12-3-6-14(17)7-4-12/h3-4,6-7,9-10,22H,5,8,11H2,1-2H3,(H,18,21). The molecule has 1 amide bonds. The number of aryl methyl sites for hydroxylation is 2. The number of rotatable bonds is 6. The number of nitrogens with zero attached hydrogens (tertiary/aromatic N) is 2. The fraction of sp³-hybridized carbons (Fsp3) is 0.375. The first-order valence-electron chi connectivity index (χ1n) is 7.09. The quantitative estimate of drug-likeness (QED) is 0.855. The van der Waals surface area contributed by atoms with Crippen LogP contribution in [0.3, 0.4) is 0 Å². The predicted octanol–water partition coefficient (Wildman–Crippen LogP) is 2.03. The minimum atomic E-state index is -1.13. The topological polar surface area (TPSA) is 67.2 Å². The minimum Gasteiger partial charge on any atom is -0.383 e. The predicted molar refractivity (Wildman–Crippen MR) is 85.6 cm³/mol. The number of carbonyl (C=O) groups excluding carboxylic acids is 1. The fourth-order valence-electron chi connectivity index (χ4n) is 2.07. The zero-order valence-corrected chi connectivity index (χ0v) is 13.5. The van der Waals surface area contributed by atoms with Crippen molar-refractivity contribution in [2.75, 3.05) is 6.54 Å². The van der Waals surface area contributed by atoms with Crippen molar-refractivity contribution in [3.05, 3.63) is 52.8 Å². The third kappa shape index (κ3) is 4.58. The average molecular weight is 322 g/mol. The molecular weight excluding hydrogens is 302 g/mol. The highest BCUT2D eigenvalue weighted by atomic mass is 35.5. The highest BCUT2D eigenvalue weighted by Gasteiger charge is 2.25. The molecule has 2 N–H and O–H groups in total. The van der Waals surface area contributed by atoms with Crippen LogP contribution in [0.25, 0.3) is 0 Å². The summed E-state index contributed by atoms with van der Waals surface area (Å²) in [6, 6.07) is 7.42. The molecular formula is C16H20ClN3O2. The summed E-state index contributed by atoms with van der Waals surface area (Å²) in [5.74, 6) is -0.0980. The third-order valence-corrected chi connectivity index (χ3v) is 3.76. The van der Waals surface area contributed by atoms with Crippen molar-refractivity contribution >= 4 is 17.5 Å². The van der Waals surface area contributed by atoms with Gasteiger partial charge in [0.1, 0.15) is 5.60 Å². The van der Waals surface area contributed by atoms with Gasteiger partial charge in [-0.05, 0) is 31.0 Å². The third-order valence-electron chi connectivity index (χ3n) is 3.51. The SMILES string of the molecule is Cn1cc(C(C)(O)CNC(=O)CCc2ccc(Cl)cc2)cn1. The second kappa shape index (κ2) is 6.94. The van der Waals surface area contributed by atoms with Crippen LogP contribution in [0.15, 0.2) is 36.7 Å². The summed E-state index contributed by atoms with van der Waals surface area (Å²) in [7, 11) is 1.78. The molecule has 0 saturated heterocycles. The normalized spacial score (nSPS) is 13.6. The van der Waals surface area contributed by atoms with Gasteiger partial charge in [0.2, 0.25) is 5.91 Å². The summed E-state index contributed by atoms with van der Waals surface area (Å²) in [4.78, 5) is 11.9. The first-order valence-corrected chi connectivity index (χ1v) is 7.47. The second-order valence-corrected chi connectivity index (χ2v) is 6.02. The van der Waals surface area contributed by atoms with E-state index < -0.39 is 5.60 Å². The Kier molecular flexibility index (Phi) is 5.21. The number of aromatic nitrogens is 2. The van der Waals surface area contributed by atoms with Crippen LogP contribution in [-0.2, 0) is 23.9 Å². The Morgan fingerprint density at radius 1 is 1.41 bits per heavy atom. The number of aliphatic hydroxyl groups is 1. The molecule has 0 saturated carbocycles. The van der Waals surface area contributed by atoms with Crippen molar-refractivity contribution in [2.24, 2.45) is 7.05 Å². The molecule has 2 aromatic rings. The highest BCUT2D eigenvalue weighted by molar-refractivity contribution is 6.30. The maximum Gasteiger partial charge on any atom is 0.220 e. The van der Waals surface area contributed by atoms with Crippen molar-refractivity contribution in [2.45, 2.75) is 25.4 Å². The molecule has 6 heteroatoms. The molecule has 118 valence electrons. The van der Waals surface area contributed by atoms with Gasteiger partial charge in [0.25, 0.3) is 0 Å². The van der Waals surface area contributed by atoms with Crippen LogP contribution in [0.1, 0.15) is 24.5 Å². The molecule has 5 nitrogen and oxygen atoms in total. The summed E-state index contributed by atoms with van der Waals surface area (Å²) in [5, 5.41) is 17.8. The number of hydrogen-bond acceptors (Lipinski definition) is 3. The van der Waals surface area contributed by atoms with Gasteiger partial charge in [-0.15, -0.1) is 0 Å². The van der Waals surface area contributed by atoms with Gasteiger partial charge >= 0.3 is 0 Å². The first kappa shape index (κ1) is 16.5. The Morgan fingerprint density at radius 3 is 2.68 bits per heavy atom. The van der Waals surface area contributed by atoms with E-state index in [0.29, 0.717) is 23.4 Å². The first-order chi connectivity index (χ1) is 10.4. The molecule has 0 aliphatic rings. The van der Waals surface area contributed by atoms with E-state index in [9.17, 15) is 9.90 Å². The molecule has 0 bridgehead atoms. The summed E-state index contributed by atoms with van der Waals surface area (Å²) >= 11 is 5.82. The van der Waals surface area contributed by atoms with Gasteiger partial charge in [-0.1, -0.05) is 23.7 Å². The smallest absolute Gasteiger partial charge is 0.220 e. The lowest BCUT2D eigenvalue weighted by molar-refractivity contribution is -0.122. The zero-order valence-electron chi connectivity index (χ0n) is 12.7. The van der Waals surface area contributed by atoms with Crippen molar-refractivity contribution < 1.29 is 9.90 Å². The summed E-state index contributed by atoms with van der Waals surface area (Å²) in [6.07, 6.45) is 4.34. The Hall–Kier alpha value is -1.85. The molecule has 0 aliphatic carbocycles. The maximum atomic E-state index is 11.9. The average Bonchev–Trinajstić information content (AvgIpc) is 2.92. The van der Waals surface area contributed by atoms with E-state index in [1.165, 1.54) is 0 Å². The lowest BCUT2D eigenvalue weighted by Crippen LogP contribution is -2.38. The van der Waals surface area contributed by atoms with Crippen LogP contribution in [0.2, 0.25) is 5.02 Å². The molecule has 1 heterocycles. The van der Waals surface area contributed by atoms with Crippen LogP contribution in [0.5, 0.6) is 0 Å². The molecule has 22 heavy (non-hydrogen) atoms. The van der Waals surface area contributed by atoms with E-state index in [4.69, 9.17) is 11.6 Å². The van der Waals surface area contributed by atoms with E-state index in [1.54, 1.807) is 31.0 Å². The monoisotopic (exact) mass is 321 g/mol. The van der Waals surface area contributed by atoms with Crippen molar-refractivity contribution in [3.63, 3.8) is 0 Å². The van der Waals surface area contributed by atoms with Crippen LogP contribution >= 0.6 is 11.6 Å². The van der Waals surface area contributed by atoms with Gasteiger partial charge < -0.3 is 10.4 Å². The molecule has 1 atom stereocenters. The number of carbonyl (C=O) groups is 1. The number of nitrogens with one attached hydrogen (secondary N) is 1. The lowest BCUT2D eigenvalue weighted by Gasteiger charge is -2.22. The van der Waals surface area contributed by atoms with Gasteiger partial charge in [-0.25, -0.2) is 0 Å². The Balaban J connectivity index is 1.81. The number of benzene rings is 1. The van der Waals surface area contributed by atoms with Gasteiger partial charge in [0.05, 0.1) is 12.7 Å². The Morgan fingerprint density at radius 2 is 2.09 bits per heavy atom. The number of amides is 1. The van der Waals surface area contributed by atoms with Gasteiger partial charge in [-0.2, -0.15) is 5.10 Å². The van der Waals surface area contributed by atoms with Crippen molar-refractivity contribution in [1.29, 1.82) is 0 Å². The van der Waals surface area contributed by atoms with E-state index in [1.807, 2.05) is 24.3 Å². The molecule has 0 aliphatic heterocycles. The summed E-state index contributed by atoms with van der Waals surface area (Å²) < 4.78 is 1.62. The van der Waals surface area contributed by atoms with Crippen molar-refractivity contribution in [1.82, 2.24) is 15.1 Å². The van der Waals surface area contributed by atoms with Gasteiger partial charge in [-0.3, -0.25) is 9.48 Å². The highest BCUT2D eigenvalue weighted by Crippen LogP contribution is 2.18. The largest absolute Gasteiger partial charge is 0.383 e. The zero-order chi connectivity index (χ0) is 16.2. The molecule has 1 aromatic heterocycles.